The van der Waals surface area contributed by atoms with Crippen LogP contribution >= 0.6 is 0 Å². The maximum absolute atomic E-state index is 12.5. The normalized spacial score (nSPS) is 21.2. The summed E-state index contributed by atoms with van der Waals surface area (Å²) >= 11 is 0. The Morgan fingerprint density at radius 2 is 2.10 bits per heavy atom. The van der Waals surface area contributed by atoms with Crippen molar-refractivity contribution in [3.63, 3.8) is 0 Å². The molecule has 3 aliphatic rings. The molecule has 1 fully saturated rings. The number of hydrogen-bond acceptors (Lipinski definition) is 4. The maximum atomic E-state index is 12.5. The van der Waals surface area contributed by atoms with E-state index in [1.165, 1.54) is 17.8 Å². The summed E-state index contributed by atoms with van der Waals surface area (Å²) in [7, 11) is 1.90. The predicted octanol–water partition coefficient (Wildman–Crippen LogP) is 2.76. The molecule has 1 N–H and O–H groups in total. The second kappa shape index (κ2) is 6.03. The molecule has 1 aliphatic carbocycles. The van der Waals surface area contributed by atoms with E-state index in [-0.39, 0.29) is 17.7 Å². The molecule has 7 nitrogen and oxygen atoms in total. The molecule has 0 spiro atoms. The zero-order valence-corrected chi connectivity index (χ0v) is 16.3. The number of carboxylic acid groups (broad SMARTS) is 1. The number of nitrogens with zero attached hydrogens (tertiary/aromatic N) is 3. The summed E-state index contributed by atoms with van der Waals surface area (Å²) in [6.45, 7) is 0.609. The van der Waals surface area contributed by atoms with Gasteiger partial charge >= 0.3 is 5.97 Å². The molecular weight excluding hydrogens is 382 g/mol. The highest BCUT2D eigenvalue weighted by atomic mass is 16.5. The first-order chi connectivity index (χ1) is 14.5. The maximum Gasteiger partial charge on any atom is 0.341 e. The van der Waals surface area contributed by atoms with Crippen molar-refractivity contribution in [2.24, 2.45) is 7.05 Å². The van der Waals surface area contributed by atoms with Crippen molar-refractivity contribution < 1.29 is 14.6 Å². The fraction of sp³-hybridized carbons (Fsp3) is 0.261. The molecule has 150 valence electrons. The molecule has 0 amide bonds. The number of allylic oxidation sites excluding steroid dienone is 1. The lowest BCUT2D eigenvalue weighted by Gasteiger charge is -2.32. The molecule has 4 heterocycles. The molecule has 3 aromatic rings. The number of aromatic nitrogens is 3. The van der Waals surface area contributed by atoms with Crippen LogP contribution in [0.3, 0.4) is 0 Å². The van der Waals surface area contributed by atoms with Crippen LogP contribution in [0.15, 0.2) is 47.7 Å². The minimum atomic E-state index is -1.20. The number of carboxylic acids is 1. The van der Waals surface area contributed by atoms with E-state index in [2.05, 4.69) is 23.3 Å². The number of rotatable bonds is 2. The van der Waals surface area contributed by atoms with Crippen LogP contribution in [0.2, 0.25) is 0 Å². The topological polar surface area (TPSA) is 86.4 Å². The number of fused-ring (bicyclic) bond motifs is 7. The zero-order valence-electron chi connectivity index (χ0n) is 16.3. The monoisotopic (exact) mass is 401 g/mol. The van der Waals surface area contributed by atoms with Gasteiger partial charge in [-0.25, -0.2) is 4.79 Å². The van der Waals surface area contributed by atoms with Crippen molar-refractivity contribution in [1.29, 1.82) is 0 Å². The Morgan fingerprint density at radius 3 is 2.87 bits per heavy atom. The summed E-state index contributed by atoms with van der Waals surface area (Å²) in [5.41, 5.74) is 6.88. The largest absolute Gasteiger partial charge is 0.477 e. The Hall–Kier alpha value is -3.45. The molecule has 2 aromatic heterocycles. The standard InChI is InChI=1S/C23H19N3O4/c1-25-10-12(9-24-25)13-3-2-4-14-15(13)7-16-19-8-20(27)17(23(28)29)11-26(19)18-5-6-30-22(18)21(14)16/h2-4,8-11,18,22H,5-7H2,1H3,(H,28,29)/t18-,22+/m1/s1. The van der Waals surface area contributed by atoms with Gasteiger partial charge in [0.15, 0.2) is 5.43 Å². The van der Waals surface area contributed by atoms with Gasteiger partial charge in [-0.15, -0.1) is 0 Å². The number of ether oxygens (including phenoxy) is 1. The lowest BCUT2D eigenvalue weighted by molar-refractivity contribution is 0.0693. The van der Waals surface area contributed by atoms with Crippen LogP contribution in [0.4, 0.5) is 0 Å². The lowest BCUT2D eigenvalue weighted by Crippen LogP contribution is -2.31. The fourth-order valence-electron chi connectivity index (χ4n) is 5.21. The highest BCUT2D eigenvalue weighted by Crippen LogP contribution is 2.51. The second-order valence-corrected chi connectivity index (χ2v) is 8.10. The van der Waals surface area contributed by atoms with Crippen LogP contribution in [-0.4, -0.2) is 38.1 Å². The summed E-state index contributed by atoms with van der Waals surface area (Å²) in [6.07, 6.45) is 6.68. The Bertz CT molecular complexity index is 1330. The lowest BCUT2D eigenvalue weighted by atomic mass is 9.89. The number of carbonyl (C=O) groups is 1. The molecular formula is C23H19N3O4. The third kappa shape index (κ3) is 2.26. The van der Waals surface area contributed by atoms with Gasteiger partial charge in [-0.1, -0.05) is 18.2 Å². The van der Waals surface area contributed by atoms with E-state index in [4.69, 9.17) is 4.74 Å². The first-order valence-corrected chi connectivity index (χ1v) is 9.98. The number of pyridine rings is 1. The average molecular weight is 401 g/mol. The van der Waals surface area contributed by atoms with Crippen LogP contribution < -0.4 is 5.43 Å². The molecule has 2 atom stereocenters. The van der Waals surface area contributed by atoms with Gasteiger partial charge in [0, 0.05) is 49.8 Å². The fourth-order valence-corrected chi connectivity index (χ4v) is 5.21. The average Bonchev–Trinajstić information content (AvgIpc) is 3.44. The van der Waals surface area contributed by atoms with Crippen LogP contribution in [0.1, 0.15) is 39.6 Å². The van der Waals surface area contributed by atoms with Crippen molar-refractivity contribution in [2.75, 3.05) is 6.61 Å². The molecule has 0 unspecified atom stereocenters. The van der Waals surface area contributed by atoms with Crippen molar-refractivity contribution in [3.8, 4) is 11.1 Å². The van der Waals surface area contributed by atoms with Crippen molar-refractivity contribution in [3.05, 3.63) is 75.5 Å². The molecule has 1 saturated heterocycles. The van der Waals surface area contributed by atoms with Crippen LogP contribution in [0.5, 0.6) is 0 Å². The SMILES string of the molecule is Cn1cc(-c2cccc3c2CC2=C3[C@H]3OCC[C@H]3n3cc(C(=O)O)c(=O)cc32)cn1. The van der Waals surface area contributed by atoms with Gasteiger partial charge in [-0.3, -0.25) is 9.48 Å². The second-order valence-electron chi connectivity index (χ2n) is 8.10. The van der Waals surface area contributed by atoms with E-state index < -0.39 is 11.4 Å². The molecule has 0 bridgehead atoms. The van der Waals surface area contributed by atoms with Crippen molar-refractivity contribution >= 4 is 17.1 Å². The minimum Gasteiger partial charge on any atom is -0.477 e. The van der Waals surface area contributed by atoms with Crippen molar-refractivity contribution in [2.45, 2.75) is 25.0 Å². The van der Waals surface area contributed by atoms with Crippen LogP contribution in [0.25, 0.3) is 22.3 Å². The first-order valence-electron chi connectivity index (χ1n) is 9.98. The van der Waals surface area contributed by atoms with Crippen molar-refractivity contribution in [1.82, 2.24) is 14.3 Å². The molecule has 2 aliphatic heterocycles. The predicted molar refractivity (Wildman–Crippen MR) is 110 cm³/mol. The van der Waals surface area contributed by atoms with Gasteiger partial charge in [-0.05, 0) is 34.3 Å². The highest BCUT2D eigenvalue weighted by Gasteiger charge is 2.43. The molecule has 7 heteroatoms. The molecule has 0 radical (unpaired) electrons. The van der Waals surface area contributed by atoms with Gasteiger partial charge in [0.05, 0.1) is 12.2 Å². The molecule has 30 heavy (non-hydrogen) atoms. The van der Waals surface area contributed by atoms with Crippen LogP contribution in [0, 0.1) is 0 Å². The summed E-state index contributed by atoms with van der Waals surface area (Å²) < 4.78 is 9.89. The third-order valence-corrected chi connectivity index (χ3v) is 6.48. The Balaban J connectivity index is 1.58. The summed E-state index contributed by atoms with van der Waals surface area (Å²) in [5, 5.41) is 13.8. The number of aromatic carboxylic acids is 1. The van der Waals surface area contributed by atoms with Gasteiger partial charge in [0.2, 0.25) is 0 Å². The summed E-state index contributed by atoms with van der Waals surface area (Å²) in [4.78, 5) is 24.1. The number of hydrogen-bond donors (Lipinski definition) is 1. The Morgan fingerprint density at radius 1 is 1.27 bits per heavy atom. The Kier molecular flexibility index (Phi) is 3.50. The van der Waals surface area contributed by atoms with E-state index in [1.54, 1.807) is 4.68 Å². The van der Waals surface area contributed by atoms with E-state index in [1.807, 2.05) is 24.0 Å². The van der Waals surface area contributed by atoms with Gasteiger partial charge in [0.1, 0.15) is 11.7 Å². The minimum absolute atomic E-state index is 0.00884. The summed E-state index contributed by atoms with van der Waals surface area (Å²) in [6, 6.07) is 7.75. The van der Waals surface area contributed by atoms with E-state index in [0.29, 0.717) is 13.0 Å². The van der Waals surface area contributed by atoms with Crippen LogP contribution in [-0.2, 0) is 18.2 Å². The molecule has 0 saturated carbocycles. The number of aryl methyl sites for hydroxylation is 1. The van der Waals surface area contributed by atoms with E-state index >= 15 is 0 Å². The third-order valence-electron chi connectivity index (χ3n) is 6.48. The highest BCUT2D eigenvalue weighted by molar-refractivity contribution is 6.01. The summed E-state index contributed by atoms with van der Waals surface area (Å²) in [5.74, 6) is -1.20. The van der Waals surface area contributed by atoms with E-state index in [9.17, 15) is 14.7 Å². The first kappa shape index (κ1) is 17.4. The number of benzene rings is 1. The smallest absolute Gasteiger partial charge is 0.341 e. The quantitative estimate of drug-likeness (QED) is 0.714. The zero-order chi connectivity index (χ0) is 20.6. The Labute approximate surface area is 171 Å². The molecule has 1 aromatic carbocycles. The molecule has 6 rings (SSSR count). The van der Waals surface area contributed by atoms with E-state index in [0.717, 1.165) is 40.0 Å². The van der Waals surface area contributed by atoms with Gasteiger partial charge in [-0.2, -0.15) is 5.10 Å². The van der Waals surface area contributed by atoms with Gasteiger partial charge in [0.25, 0.3) is 0 Å². The van der Waals surface area contributed by atoms with Gasteiger partial charge < -0.3 is 14.4 Å².